The summed E-state index contributed by atoms with van der Waals surface area (Å²) in [5.41, 5.74) is 1.11. The van der Waals surface area contributed by atoms with Gasteiger partial charge in [-0.3, -0.25) is 0 Å². The molecule has 0 saturated heterocycles. The molecule has 1 fully saturated rings. The van der Waals surface area contributed by atoms with Crippen LogP contribution in [0, 0.1) is 0 Å². The molecule has 1 saturated carbocycles. The lowest BCUT2D eigenvalue weighted by Crippen LogP contribution is -2.06. The topological polar surface area (TPSA) is 103 Å². The molecule has 0 amide bonds. The van der Waals surface area contributed by atoms with E-state index in [0.717, 1.165) is 5.69 Å². The van der Waals surface area contributed by atoms with Crippen molar-refractivity contribution in [2.45, 2.75) is 38.1 Å². The first-order valence-corrected chi connectivity index (χ1v) is 8.05. The van der Waals surface area contributed by atoms with Gasteiger partial charge in [-0.15, -0.1) is 0 Å². The second-order valence-corrected chi connectivity index (χ2v) is 5.72. The van der Waals surface area contributed by atoms with E-state index in [9.17, 15) is 0 Å². The molecule has 0 radical (unpaired) electrons. The average molecular weight is 323 g/mol. The van der Waals surface area contributed by atoms with E-state index >= 15 is 0 Å². The minimum absolute atomic E-state index is 0.355. The molecule has 0 unspecified atom stereocenters. The zero-order valence-electron chi connectivity index (χ0n) is 13.1. The van der Waals surface area contributed by atoms with Gasteiger partial charge in [0, 0.05) is 30.2 Å². The monoisotopic (exact) mass is 323 g/mol. The molecule has 1 aliphatic rings. The molecular weight excluding hydrogens is 306 g/mol. The van der Waals surface area contributed by atoms with E-state index in [2.05, 4.69) is 35.4 Å². The number of anilines is 1. The smallest absolute Gasteiger partial charge is 0.246 e. The van der Waals surface area contributed by atoms with Gasteiger partial charge in [0.05, 0.1) is 6.54 Å². The number of nitrogens with one attached hydrogen (secondary N) is 1. The predicted octanol–water partition coefficient (Wildman–Crippen LogP) is 2.59. The summed E-state index contributed by atoms with van der Waals surface area (Å²) in [6.45, 7) is 0.355. The van der Waals surface area contributed by atoms with E-state index in [-0.39, 0.29) is 0 Å². The second-order valence-electron chi connectivity index (χ2n) is 5.72. The van der Waals surface area contributed by atoms with Gasteiger partial charge in [-0.1, -0.05) is 18.0 Å². The van der Waals surface area contributed by atoms with Crippen LogP contribution in [-0.4, -0.2) is 30.1 Å². The first kappa shape index (κ1) is 14.7. The standard InChI is InChI=1S/C16H17N7O/c1-2-5-11(4-1)12-6-9-19-16(21-12)20-10-13-22-15(23-24-13)14-17-7-3-8-18-14/h3,6-9,11H,1-2,4-5,10H2,(H,19,20,21). The second kappa shape index (κ2) is 6.69. The van der Waals surface area contributed by atoms with Crippen molar-refractivity contribution in [1.82, 2.24) is 30.1 Å². The maximum absolute atomic E-state index is 5.21. The maximum Gasteiger partial charge on any atom is 0.246 e. The molecule has 4 rings (SSSR count). The highest BCUT2D eigenvalue weighted by atomic mass is 16.5. The van der Waals surface area contributed by atoms with Crippen LogP contribution in [0.1, 0.15) is 43.2 Å². The fourth-order valence-corrected chi connectivity index (χ4v) is 2.89. The van der Waals surface area contributed by atoms with Gasteiger partial charge < -0.3 is 9.84 Å². The lowest BCUT2D eigenvalue weighted by Gasteiger charge is -2.09. The summed E-state index contributed by atoms with van der Waals surface area (Å²) in [4.78, 5) is 21.3. The molecule has 0 aliphatic heterocycles. The number of aromatic nitrogens is 6. The summed E-state index contributed by atoms with van der Waals surface area (Å²) in [7, 11) is 0. The summed E-state index contributed by atoms with van der Waals surface area (Å²) in [6, 6.07) is 3.74. The van der Waals surface area contributed by atoms with Crippen molar-refractivity contribution in [3.8, 4) is 11.6 Å². The Morgan fingerprint density at radius 3 is 2.67 bits per heavy atom. The molecule has 0 bridgehead atoms. The molecule has 0 spiro atoms. The highest BCUT2D eigenvalue weighted by Crippen LogP contribution is 2.32. The quantitative estimate of drug-likeness (QED) is 0.764. The molecule has 8 nitrogen and oxygen atoms in total. The SMILES string of the molecule is c1cnc(-c2noc(CNc3nccc(C4CCCC4)n3)n2)nc1. The summed E-state index contributed by atoms with van der Waals surface area (Å²) in [6.07, 6.45) is 10.0. The highest BCUT2D eigenvalue weighted by Gasteiger charge is 2.19. The fourth-order valence-electron chi connectivity index (χ4n) is 2.89. The van der Waals surface area contributed by atoms with Crippen molar-refractivity contribution in [2.24, 2.45) is 0 Å². The third-order valence-electron chi connectivity index (χ3n) is 4.08. The van der Waals surface area contributed by atoms with Crippen molar-refractivity contribution in [3.63, 3.8) is 0 Å². The lowest BCUT2D eigenvalue weighted by molar-refractivity contribution is 0.383. The zero-order valence-corrected chi connectivity index (χ0v) is 13.1. The molecule has 0 aromatic carbocycles. The van der Waals surface area contributed by atoms with Gasteiger partial charge in [0.15, 0.2) is 0 Å². The summed E-state index contributed by atoms with van der Waals surface area (Å²) >= 11 is 0. The van der Waals surface area contributed by atoms with Crippen LogP contribution in [-0.2, 0) is 6.54 Å². The van der Waals surface area contributed by atoms with Crippen LogP contribution < -0.4 is 5.32 Å². The Morgan fingerprint density at radius 2 is 1.83 bits per heavy atom. The molecule has 24 heavy (non-hydrogen) atoms. The van der Waals surface area contributed by atoms with Gasteiger partial charge >= 0.3 is 0 Å². The van der Waals surface area contributed by atoms with Gasteiger partial charge in [-0.2, -0.15) is 4.98 Å². The minimum atomic E-state index is 0.355. The van der Waals surface area contributed by atoms with Crippen LogP contribution in [0.15, 0.2) is 35.2 Å². The Balaban J connectivity index is 1.42. The number of nitrogens with zero attached hydrogens (tertiary/aromatic N) is 6. The van der Waals surface area contributed by atoms with Gasteiger partial charge in [-0.25, -0.2) is 19.9 Å². The van der Waals surface area contributed by atoms with Gasteiger partial charge in [0.2, 0.25) is 23.5 Å². The maximum atomic E-state index is 5.21. The Bertz CT molecular complexity index is 799. The van der Waals surface area contributed by atoms with Crippen LogP contribution in [0.25, 0.3) is 11.6 Å². The molecular formula is C16H17N7O. The van der Waals surface area contributed by atoms with Crippen LogP contribution in [0.4, 0.5) is 5.95 Å². The first-order chi connectivity index (χ1) is 11.9. The van der Waals surface area contributed by atoms with Gasteiger partial charge in [-0.05, 0) is 25.0 Å². The number of hydrogen-bond donors (Lipinski definition) is 1. The van der Waals surface area contributed by atoms with E-state index in [1.807, 2.05) is 6.07 Å². The molecule has 3 aromatic heterocycles. The van der Waals surface area contributed by atoms with Gasteiger partial charge in [0.25, 0.3) is 0 Å². The summed E-state index contributed by atoms with van der Waals surface area (Å²) in [5.74, 6) is 2.38. The first-order valence-electron chi connectivity index (χ1n) is 8.05. The number of hydrogen-bond acceptors (Lipinski definition) is 8. The summed E-state index contributed by atoms with van der Waals surface area (Å²) in [5, 5.41) is 7.02. The molecule has 8 heteroatoms. The zero-order chi connectivity index (χ0) is 16.2. The molecule has 1 aliphatic carbocycles. The Kier molecular flexibility index (Phi) is 4.09. The van der Waals surface area contributed by atoms with Crippen molar-refractivity contribution >= 4 is 5.95 Å². The van der Waals surface area contributed by atoms with E-state index < -0.39 is 0 Å². The third kappa shape index (κ3) is 3.22. The van der Waals surface area contributed by atoms with Crippen LogP contribution in [0.3, 0.4) is 0 Å². The van der Waals surface area contributed by atoms with E-state index in [1.165, 1.54) is 25.7 Å². The van der Waals surface area contributed by atoms with Crippen molar-refractivity contribution in [2.75, 3.05) is 5.32 Å². The normalized spacial score (nSPS) is 14.8. The third-order valence-corrected chi connectivity index (χ3v) is 4.08. The average Bonchev–Trinajstić information content (AvgIpc) is 3.33. The van der Waals surface area contributed by atoms with Gasteiger partial charge in [0.1, 0.15) is 0 Å². The predicted molar refractivity (Wildman–Crippen MR) is 85.9 cm³/mol. The van der Waals surface area contributed by atoms with E-state index in [1.54, 1.807) is 24.7 Å². The van der Waals surface area contributed by atoms with Crippen molar-refractivity contribution < 1.29 is 4.52 Å². The Hall–Kier alpha value is -2.90. The lowest BCUT2D eigenvalue weighted by atomic mass is 10.0. The molecule has 3 heterocycles. The molecule has 122 valence electrons. The highest BCUT2D eigenvalue weighted by molar-refractivity contribution is 5.40. The van der Waals surface area contributed by atoms with Crippen molar-refractivity contribution in [3.05, 3.63) is 42.3 Å². The largest absolute Gasteiger partial charge is 0.345 e. The molecule has 0 atom stereocenters. The number of rotatable bonds is 5. The van der Waals surface area contributed by atoms with Crippen LogP contribution in [0.5, 0.6) is 0 Å². The summed E-state index contributed by atoms with van der Waals surface area (Å²) < 4.78 is 5.21. The van der Waals surface area contributed by atoms with E-state index in [0.29, 0.717) is 36.0 Å². The Morgan fingerprint density at radius 1 is 1.00 bits per heavy atom. The Labute approximate surface area is 138 Å². The molecule has 1 N–H and O–H groups in total. The fraction of sp³-hybridized carbons (Fsp3) is 0.375. The van der Waals surface area contributed by atoms with Crippen LogP contribution in [0.2, 0.25) is 0 Å². The molecule has 3 aromatic rings. The minimum Gasteiger partial charge on any atom is -0.345 e. The van der Waals surface area contributed by atoms with Crippen molar-refractivity contribution in [1.29, 1.82) is 0 Å². The van der Waals surface area contributed by atoms with E-state index in [4.69, 9.17) is 4.52 Å². The van der Waals surface area contributed by atoms with Crippen LogP contribution >= 0.6 is 0 Å².